The second-order valence-electron chi connectivity index (χ2n) is 7.00. The molecule has 2 rings (SSSR count). The lowest BCUT2D eigenvalue weighted by Crippen LogP contribution is -2.40. The Morgan fingerprint density at radius 3 is 2.06 bits per heavy atom. The van der Waals surface area contributed by atoms with Crippen LogP contribution in [0.5, 0.6) is 0 Å². The SMILES string of the molecule is C=C/C=C(\C=C/C)C(OC(=O)NCCOC(=O)C(=C)C)(c1ccccc1)c1ccccc1. The molecule has 166 valence electrons. The Hall–Kier alpha value is -3.86. The monoisotopic (exact) mass is 431 g/mol. The molecule has 0 bridgehead atoms. The molecule has 5 heteroatoms. The molecule has 2 aromatic rings. The fourth-order valence-electron chi connectivity index (χ4n) is 3.21. The molecule has 0 fully saturated rings. The summed E-state index contributed by atoms with van der Waals surface area (Å²) in [6.45, 7) is 10.9. The topological polar surface area (TPSA) is 64.6 Å². The van der Waals surface area contributed by atoms with Crippen LogP contribution in [0, 0.1) is 0 Å². The highest BCUT2D eigenvalue weighted by Gasteiger charge is 2.41. The molecule has 0 heterocycles. The van der Waals surface area contributed by atoms with Crippen LogP contribution in [-0.4, -0.2) is 25.2 Å². The fourth-order valence-corrected chi connectivity index (χ4v) is 3.21. The number of hydrogen-bond acceptors (Lipinski definition) is 4. The molecule has 1 amide bonds. The van der Waals surface area contributed by atoms with E-state index in [0.29, 0.717) is 5.57 Å². The van der Waals surface area contributed by atoms with Crippen LogP contribution in [0.3, 0.4) is 0 Å². The second-order valence-corrected chi connectivity index (χ2v) is 7.00. The maximum absolute atomic E-state index is 12.9. The summed E-state index contributed by atoms with van der Waals surface area (Å²) in [5.41, 5.74) is 1.37. The van der Waals surface area contributed by atoms with Crippen LogP contribution in [0.25, 0.3) is 0 Å². The van der Waals surface area contributed by atoms with Crippen molar-refractivity contribution in [2.24, 2.45) is 0 Å². The Morgan fingerprint density at radius 1 is 1.03 bits per heavy atom. The third-order valence-electron chi connectivity index (χ3n) is 4.61. The highest BCUT2D eigenvalue weighted by molar-refractivity contribution is 5.86. The van der Waals surface area contributed by atoms with E-state index in [2.05, 4.69) is 18.5 Å². The minimum atomic E-state index is -1.22. The average Bonchev–Trinajstić information content (AvgIpc) is 2.81. The number of carbonyl (C=O) groups excluding carboxylic acids is 2. The summed E-state index contributed by atoms with van der Waals surface area (Å²) in [6, 6.07) is 19.0. The van der Waals surface area contributed by atoms with E-state index < -0.39 is 17.7 Å². The van der Waals surface area contributed by atoms with Crippen LogP contribution >= 0.6 is 0 Å². The first-order valence-corrected chi connectivity index (χ1v) is 10.3. The van der Waals surface area contributed by atoms with Crippen molar-refractivity contribution in [3.63, 3.8) is 0 Å². The summed E-state index contributed by atoms with van der Waals surface area (Å²) < 4.78 is 11.2. The molecule has 0 aliphatic rings. The zero-order valence-corrected chi connectivity index (χ0v) is 18.5. The first-order chi connectivity index (χ1) is 15.5. The van der Waals surface area contributed by atoms with E-state index in [4.69, 9.17) is 9.47 Å². The number of allylic oxidation sites excluding steroid dienone is 3. The van der Waals surface area contributed by atoms with Crippen molar-refractivity contribution in [2.45, 2.75) is 19.4 Å². The summed E-state index contributed by atoms with van der Waals surface area (Å²) in [5, 5.41) is 2.67. The molecule has 5 nitrogen and oxygen atoms in total. The number of carbonyl (C=O) groups is 2. The zero-order valence-electron chi connectivity index (χ0n) is 18.5. The van der Waals surface area contributed by atoms with E-state index in [1.54, 1.807) is 13.0 Å². The average molecular weight is 432 g/mol. The lowest BCUT2D eigenvalue weighted by Gasteiger charge is -2.36. The minimum absolute atomic E-state index is 0.00862. The van der Waals surface area contributed by atoms with Crippen molar-refractivity contribution in [1.29, 1.82) is 0 Å². The molecule has 0 saturated carbocycles. The molecule has 0 aliphatic carbocycles. The maximum atomic E-state index is 12.9. The summed E-state index contributed by atoms with van der Waals surface area (Å²) in [5.74, 6) is -0.507. The Labute approximate surface area is 189 Å². The lowest BCUT2D eigenvalue weighted by molar-refractivity contribution is -0.138. The number of nitrogens with one attached hydrogen (secondary N) is 1. The Balaban J connectivity index is 2.44. The molecule has 0 unspecified atom stereocenters. The van der Waals surface area contributed by atoms with Crippen LogP contribution < -0.4 is 5.32 Å². The number of hydrogen-bond donors (Lipinski definition) is 1. The number of esters is 1. The Kier molecular flexibility index (Phi) is 9.23. The van der Waals surface area contributed by atoms with Gasteiger partial charge in [-0.05, 0) is 13.8 Å². The van der Waals surface area contributed by atoms with Gasteiger partial charge in [-0.2, -0.15) is 0 Å². The first-order valence-electron chi connectivity index (χ1n) is 10.3. The van der Waals surface area contributed by atoms with Crippen molar-refractivity contribution in [3.8, 4) is 0 Å². The van der Waals surface area contributed by atoms with E-state index in [-0.39, 0.29) is 13.2 Å². The third-order valence-corrected chi connectivity index (χ3v) is 4.61. The van der Waals surface area contributed by atoms with Crippen molar-refractivity contribution in [1.82, 2.24) is 5.32 Å². The van der Waals surface area contributed by atoms with Gasteiger partial charge in [0.1, 0.15) is 6.61 Å². The molecule has 0 saturated heterocycles. The summed E-state index contributed by atoms with van der Waals surface area (Å²) in [6.07, 6.45) is 6.61. The number of ether oxygens (including phenoxy) is 2. The quantitative estimate of drug-likeness (QED) is 0.235. The predicted molar refractivity (Wildman–Crippen MR) is 127 cm³/mol. The maximum Gasteiger partial charge on any atom is 0.408 e. The van der Waals surface area contributed by atoms with Gasteiger partial charge in [0.25, 0.3) is 0 Å². The molecule has 1 N–H and O–H groups in total. The van der Waals surface area contributed by atoms with Gasteiger partial charge in [-0.25, -0.2) is 9.59 Å². The van der Waals surface area contributed by atoms with Gasteiger partial charge in [0, 0.05) is 22.3 Å². The standard InChI is InChI=1S/C27H29NO4/c1-5-13-22(14-6-2)27(23-15-9-7-10-16-23,24-17-11-8-12-18-24)32-26(30)28-19-20-31-25(29)21(3)4/h5-18H,1,3,19-20H2,2,4H3,(H,28,30)/b14-6-,22-13+. The van der Waals surface area contributed by atoms with Crippen LogP contribution in [-0.2, 0) is 19.9 Å². The summed E-state index contributed by atoms with van der Waals surface area (Å²) in [7, 11) is 0. The van der Waals surface area contributed by atoms with Crippen LogP contribution in [0.4, 0.5) is 4.79 Å². The van der Waals surface area contributed by atoms with Gasteiger partial charge >= 0.3 is 12.1 Å². The minimum Gasteiger partial charge on any atom is -0.460 e. The van der Waals surface area contributed by atoms with Crippen molar-refractivity contribution >= 4 is 12.1 Å². The molecule has 2 aromatic carbocycles. The van der Waals surface area contributed by atoms with Gasteiger partial charge < -0.3 is 14.8 Å². The van der Waals surface area contributed by atoms with E-state index in [1.807, 2.05) is 85.8 Å². The summed E-state index contributed by atoms with van der Waals surface area (Å²) in [4.78, 5) is 24.5. The Bertz CT molecular complexity index is 951. The molecular formula is C27H29NO4. The van der Waals surface area contributed by atoms with E-state index in [1.165, 1.54) is 0 Å². The first kappa shape index (κ1) is 24.4. The van der Waals surface area contributed by atoms with Gasteiger partial charge in [-0.3, -0.25) is 0 Å². The molecular weight excluding hydrogens is 402 g/mol. The molecule has 0 spiro atoms. The van der Waals surface area contributed by atoms with Crippen LogP contribution in [0.15, 0.2) is 109 Å². The van der Waals surface area contributed by atoms with E-state index >= 15 is 0 Å². The highest BCUT2D eigenvalue weighted by Crippen LogP contribution is 2.41. The molecule has 0 radical (unpaired) electrons. The van der Waals surface area contributed by atoms with Gasteiger partial charge in [0.2, 0.25) is 0 Å². The van der Waals surface area contributed by atoms with E-state index in [0.717, 1.165) is 16.7 Å². The van der Waals surface area contributed by atoms with Crippen molar-refractivity contribution < 1.29 is 19.1 Å². The third kappa shape index (κ3) is 6.08. The number of rotatable bonds is 10. The highest BCUT2D eigenvalue weighted by atomic mass is 16.6. The largest absolute Gasteiger partial charge is 0.460 e. The molecule has 0 aliphatic heterocycles. The fraction of sp³-hybridized carbons (Fsp3) is 0.185. The van der Waals surface area contributed by atoms with Gasteiger partial charge in [0.15, 0.2) is 5.60 Å². The molecule has 32 heavy (non-hydrogen) atoms. The number of alkyl carbamates (subject to hydrolysis) is 1. The zero-order chi connectivity index (χ0) is 23.4. The van der Waals surface area contributed by atoms with Gasteiger partial charge in [0.05, 0.1) is 6.54 Å². The molecule has 0 aromatic heterocycles. The summed E-state index contributed by atoms with van der Waals surface area (Å²) >= 11 is 0. The normalized spacial score (nSPS) is 11.6. The smallest absolute Gasteiger partial charge is 0.408 e. The Morgan fingerprint density at radius 2 is 1.59 bits per heavy atom. The van der Waals surface area contributed by atoms with E-state index in [9.17, 15) is 9.59 Å². The van der Waals surface area contributed by atoms with Crippen LogP contribution in [0.1, 0.15) is 25.0 Å². The second kappa shape index (κ2) is 12.1. The van der Waals surface area contributed by atoms with Crippen molar-refractivity contribution in [3.05, 3.63) is 120 Å². The predicted octanol–water partition coefficient (Wildman–Crippen LogP) is 5.46. The lowest BCUT2D eigenvalue weighted by atomic mass is 9.79. The van der Waals surface area contributed by atoms with Gasteiger partial charge in [-0.1, -0.05) is 98.1 Å². The molecule has 0 atom stereocenters. The number of amides is 1. The van der Waals surface area contributed by atoms with Crippen LogP contribution in [0.2, 0.25) is 0 Å². The number of benzene rings is 2. The van der Waals surface area contributed by atoms with Crippen molar-refractivity contribution in [2.75, 3.05) is 13.2 Å². The van der Waals surface area contributed by atoms with Gasteiger partial charge in [-0.15, -0.1) is 0 Å².